The van der Waals surface area contributed by atoms with Gasteiger partial charge in [0.05, 0.1) is 11.1 Å². The molecule has 1 N–H and O–H groups in total. The molecule has 0 radical (unpaired) electrons. The molecule has 0 saturated heterocycles. The van der Waals surface area contributed by atoms with Gasteiger partial charge in [0.15, 0.2) is 0 Å². The van der Waals surface area contributed by atoms with Crippen LogP contribution in [0.3, 0.4) is 0 Å². The molecule has 0 unspecified atom stereocenters. The van der Waals surface area contributed by atoms with Crippen LogP contribution in [0.1, 0.15) is 15.9 Å². The summed E-state index contributed by atoms with van der Waals surface area (Å²) in [4.78, 5) is 25.2. The number of aryl methyl sites for hydroxylation is 1. The lowest BCUT2D eigenvalue weighted by atomic mass is 10.1. The molecule has 6 nitrogen and oxygen atoms in total. The Hall–Kier alpha value is -2.54. The van der Waals surface area contributed by atoms with Gasteiger partial charge in [-0.05, 0) is 52.7 Å². The summed E-state index contributed by atoms with van der Waals surface area (Å²) < 4.78 is 2.84. The lowest BCUT2D eigenvalue weighted by molar-refractivity contribution is 0.0996. The van der Waals surface area contributed by atoms with Crippen molar-refractivity contribution < 1.29 is 4.79 Å². The van der Waals surface area contributed by atoms with Crippen molar-refractivity contribution in [1.29, 1.82) is 0 Å². The van der Waals surface area contributed by atoms with Crippen molar-refractivity contribution in [3.05, 3.63) is 57.9 Å². The minimum Gasteiger partial charge on any atom is -0.369 e. The van der Waals surface area contributed by atoms with Crippen LogP contribution in [0.5, 0.6) is 0 Å². The number of anilines is 1. The Labute approximate surface area is 146 Å². The van der Waals surface area contributed by atoms with E-state index in [9.17, 15) is 4.79 Å². The standard InChI is InChI=1S/C17H14BrN5O/c1-10-7-12-14(13(18)8-10)21-17(23-6-5-20-15(12)23)22-16(24)11-3-2-4-19-9-11/h2-4,7-9,20H,5-6H2,1H3. The second-order valence-electron chi connectivity index (χ2n) is 5.64. The van der Waals surface area contributed by atoms with Gasteiger partial charge in [-0.15, -0.1) is 0 Å². The fourth-order valence-corrected chi connectivity index (χ4v) is 3.52. The first-order valence-electron chi connectivity index (χ1n) is 7.57. The van der Waals surface area contributed by atoms with Crippen LogP contribution in [0.2, 0.25) is 0 Å². The summed E-state index contributed by atoms with van der Waals surface area (Å²) in [6.07, 6.45) is 3.14. The van der Waals surface area contributed by atoms with Gasteiger partial charge in [0.25, 0.3) is 5.91 Å². The number of halogens is 1. The van der Waals surface area contributed by atoms with Gasteiger partial charge in [0.2, 0.25) is 5.62 Å². The van der Waals surface area contributed by atoms with Gasteiger partial charge in [-0.2, -0.15) is 4.99 Å². The number of hydrogen-bond acceptors (Lipinski definition) is 4. The summed E-state index contributed by atoms with van der Waals surface area (Å²) in [6, 6.07) is 7.51. The third-order valence-corrected chi connectivity index (χ3v) is 4.53. The number of nitrogens with one attached hydrogen (secondary N) is 1. The maximum absolute atomic E-state index is 12.4. The van der Waals surface area contributed by atoms with E-state index in [4.69, 9.17) is 0 Å². The minimum absolute atomic E-state index is 0.347. The van der Waals surface area contributed by atoms with Gasteiger partial charge in [-0.3, -0.25) is 14.3 Å². The number of rotatable bonds is 1. The fraction of sp³-hybridized carbons (Fsp3) is 0.176. The highest BCUT2D eigenvalue weighted by atomic mass is 79.9. The topological polar surface area (TPSA) is 72.2 Å². The van der Waals surface area contributed by atoms with Crippen LogP contribution in [-0.2, 0) is 6.54 Å². The summed E-state index contributed by atoms with van der Waals surface area (Å²) in [6.45, 7) is 3.55. The Kier molecular flexibility index (Phi) is 3.65. The van der Waals surface area contributed by atoms with Crippen LogP contribution in [-0.4, -0.2) is 27.0 Å². The highest BCUT2D eigenvalue weighted by Gasteiger charge is 2.17. The molecule has 4 rings (SSSR count). The molecular weight excluding hydrogens is 370 g/mol. The molecule has 1 aromatic carbocycles. The number of hydrogen-bond donors (Lipinski definition) is 1. The Balaban J connectivity index is 1.97. The van der Waals surface area contributed by atoms with E-state index in [0.29, 0.717) is 11.2 Å². The number of carbonyl (C=O) groups excluding carboxylic acids is 1. The number of fused-ring (bicyclic) bond motifs is 3. The van der Waals surface area contributed by atoms with Gasteiger partial charge >= 0.3 is 0 Å². The minimum atomic E-state index is -0.347. The molecule has 2 aromatic heterocycles. The average molecular weight is 384 g/mol. The molecule has 0 fully saturated rings. The van der Waals surface area contributed by atoms with Crippen LogP contribution in [0.25, 0.3) is 10.9 Å². The summed E-state index contributed by atoms with van der Waals surface area (Å²) in [5.74, 6) is 0.599. The van der Waals surface area contributed by atoms with Gasteiger partial charge in [-0.1, -0.05) is 0 Å². The molecule has 0 aliphatic carbocycles. The van der Waals surface area contributed by atoms with E-state index in [0.717, 1.165) is 39.8 Å². The second kappa shape index (κ2) is 5.83. The zero-order valence-corrected chi connectivity index (χ0v) is 14.5. The fourth-order valence-electron chi connectivity index (χ4n) is 2.85. The molecule has 1 aliphatic rings. The molecule has 120 valence electrons. The summed E-state index contributed by atoms with van der Waals surface area (Å²) in [7, 11) is 0. The second-order valence-corrected chi connectivity index (χ2v) is 6.49. The van der Waals surface area contributed by atoms with Crippen molar-refractivity contribution in [2.24, 2.45) is 4.99 Å². The summed E-state index contributed by atoms with van der Waals surface area (Å²) in [5.41, 5.74) is 2.78. The maximum Gasteiger partial charge on any atom is 0.281 e. The van der Waals surface area contributed by atoms with E-state index in [-0.39, 0.29) is 5.91 Å². The highest BCUT2D eigenvalue weighted by Crippen LogP contribution is 2.29. The first kappa shape index (κ1) is 15.0. The predicted octanol–water partition coefficient (Wildman–Crippen LogP) is 2.67. The zero-order valence-electron chi connectivity index (χ0n) is 13.0. The molecular formula is C17H14BrN5O. The molecule has 24 heavy (non-hydrogen) atoms. The molecule has 0 bridgehead atoms. The van der Waals surface area contributed by atoms with E-state index >= 15 is 0 Å². The lowest BCUT2D eigenvalue weighted by Crippen LogP contribution is -2.25. The van der Waals surface area contributed by atoms with E-state index in [1.54, 1.807) is 18.3 Å². The molecule has 1 amide bonds. The molecule has 1 aliphatic heterocycles. The normalized spacial score (nSPS) is 13.8. The van der Waals surface area contributed by atoms with Gasteiger partial charge in [0, 0.05) is 35.3 Å². The van der Waals surface area contributed by atoms with Crippen LogP contribution in [0.4, 0.5) is 5.82 Å². The van der Waals surface area contributed by atoms with Crippen LogP contribution in [0, 0.1) is 6.92 Å². The molecule has 0 atom stereocenters. The van der Waals surface area contributed by atoms with Crippen molar-refractivity contribution in [1.82, 2.24) is 14.5 Å². The smallest absolute Gasteiger partial charge is 0.281 e. The Morgan fingerprint density at radius 3 is 3.08 bits per heavy atom. The molecule has 7 heteroatoms. The zero-order chi connectivity index (χ0) is 16.7. The van der Waals surface area contributed by atoms with E-state index in [1.807, 2.05) is 17.6 Å². The summed E-state index contributed by atoms with van der Waals surface area (Å²) >= 11 is 3.57. The van der Waals surface area contributed by atoms with E-state index in [1.165, 1.54) is 6.20 Å². The van der Waals surface area contributed by atoms with Gasteiger partial charge < -0.3 is 5.32 Å². The quantitative estimate of drug-likeness (QED) is 0.700. The monoisotopic (exact) mass is 383 g/mol. The molecule has 0 spiro atoms. The number of carbonyl (C=O) groups is 1. The summed E-state index contributed by atoms with van der Waals surface area (Å²) in [5, 5.41) is 4.39. The Morgan fingerprint density at radius 2 is 2.29 bits per heavy atom. The van der Waals surface area contributed by atoms with Gasteiger partial charge in [0.1, 0.15) is 5.82 Å². The van der Waals surface area contributed by atoms with Crippen molar-refractivity contribution in [3.8, 4) is 0 Å². The largest absolute Gasteiger partial charge is 0.369 e. The average Bonchev–Trinajstić information content (AvgIpc) is 3.07. The van der Waals surface area contributed by atoms with E-state index < -0.39 is 0 Å². The Morgan fingerprint density at radius 1 is 1.42 bits per heavy atom. The number of aromatic nitrogens is 3. The third kappa shape index (κ3) is 2.50. The first-order valence-corrected chi connectivity index (χ1v) is 8.36. The third-order valence-electron chi connectivity index (χ3n) is 3.92. The van der Waals surface area contributed by atoms with Gasteiger partial charge in [-0.25, -0.2) is 4.98 Å². The van der Waals surface area contributed by atoms with Crippen LogP contribution >= 0.6 is 15.9 Å². The maximum atomic E-state index is 12.4. The lowest BCUT2D eigenvalue weighted by Gasteiger charge is -2.10. The van der Waals surface area contributed by atoms with Crippen molar-refractivity contribution in [2.45, 2.75) is 13.5 Å². The highest BCUT2D eigenvalue weighted by molar-refractivity contribution is 9.10. The number of amides is 1. The van der Waals surface area contributed by atoms with E-state index in [2.05, 4.69) is 42.3 Å². The number of nitrogens with zero attached hydrogens (tertiary/aromatic N) is 4. The predicted molar refractivity (Wildman–Crippen MR) is 94.8 cm³/mol. The van der Waals surface area contributed by atoms with Crippen molar-refractivity contribution in [2.75, 3.05) is 11.9 Å². The Bertz CT molecular complexity index is 1030. The molecule has 3 aromatic rings. The molecule has 3 heterocycles. The number of pyridine rings is 1. The first-order chi connectivity index (χ1) is 11.6. The van der Waals surface area contributed by atoms with Crippen molar-refractivity contribution in [3.63, 3.8) is 0 Å². The van der Waals surface area contributed by atoms with Crippen molar-refractivity contribution >= 4 is 38.6 Å². The molecule has 0 saturated carbocycles. The van der Waals surface area contributed by atoms with Crippen LogP contribution in [0.15, 0.2) is 46.1 Å². The SMILES string of the molecule is Cc1cc(Br)c2nc(=NC(=O)c3cccnc3)n3c(c2c1)NCC3. The number of benzene rings is 1. The van der Waals surface area contributed by atoms with Crippen LogP contribution < -0.4 is 10.9 Å².